The number of carbonyl (C=O) groups excluding carboxylic acids is 1. The highest BCUT2D eigenvalue weighted by Crippen LogP contribution is 2.29. The number of amides is 1. The molecule has 1 heterocycles. The SMILES string of the molecule is CCCCCCCCCCCCCCCCCC(=O)Nc1nc2ccc(OCC)cc2s1. The van der Waals surface area contributed by atoms with E-state index >= 15 is 0 Å². The normalized spacial score (nSPS) is 11.2. The van der Waals surface area contributed by atoms with Crippen LogP contribution in [0.3, 0.4) is 0 Å². The van der Waals surface area contributed by atoms with Crippen LogP contribution in [-0.4, -0.2) is 17.5 Å². The van der Waals surface area contributed by atoms with Crippen molar-refractivity contribution in [1.29, 1.82) is 0 Å². The Hall–Kier alpha value is -1.62. The highest BCUT2D eigenvalue weighted by atomic mass is 32.1. The van der Waals surface area contributed by atoms with Gasteiger partial charge in [0.15, 0.2) is 5.13 Å². The van der Waals surface area contributed by atoms with Crippen LogP contribution < -0.4 is 10.1 Å². The van der Waals surface area contributed by atoms with Crippen LogP contribution in [-0.2, 0) is 4.79 Å². The number of unbranched alkanes of at least 4 members (excludes halogenated alkanes) is 14. The predicted octanol–water partition coefficient (Wildman–Crippen LogP) is 8.90. The van der Waals surface area contributed by atoms with Gasteiger partial charge < -0.3 is 10.1 Å². The third-order valence-corrected chi connectivity index (χ3v) is 6.86. The van der Waals surface area contributed by atoms with Gasteiger partial charge in [-0.05, 0) is 31.5 Å². The van der Waals surface area contributed by atoms with E-state index in [2.05, 4.69) is 17.2 Å². The Morgan fingerprint density at radius 3 is 1.97 bits per heavy atom. The Labute approximate surface area is 199 Å². The Balaban J connectivity index is 1.43. The molecule has 0 fully saturated rings. The molecular formula is C27H44N2O2S. The van der Waals surface area contributed by atoms with Gasteiger partial charge in [0.05, 0.1) is 16.8 Å². The number of fused-ring (bicyclic) bond motifs is 1. The van der Waals surface area contributed by atoms with E-state index in [9.17, 15) is 4.79 Å². The lowest BCUT2D eigenvalue weighted by Gasteiger charge is -2.04. The van der Waals surface area contributed by atoms with Crippen molar-refractivity contribution >= 4 is 32.6 Å². The molecule has 1 aromatic heterocycles. The summed E-state index contributed by atoms with van der Waals surface area (Å²) in [6.07, 6.45) is 20.6. The topological polar surface area (TPSA) is 51.2 Å². The van der Waals surface area contributed by atoms with Gasteiger partial charge in [0, 0.05) is 6.42 Å². The summed E-state index contributed by atoms with van der Waals surface area (Å²) in [5, 5.41) is 3.64. The number of carbonyl (C=O) groups is 1. The van der Waals surface area contributed by atoms with E-state index in [0.717, 1.165) is 28.8 Å². The van der Waals surface area contributed by atoms with Gasteiger partial charge in [-0.15, -0.1) is 0 Å². The summed E-state index contributed by atoms with van der Waals surface area (Å²) in [7, 11) is 0. The molecule has 0 bridgehead atoms. The minimum atomic E-state index is 0.0729. The molecule has 32 heavy (non-hydrogen) atoms. The van der Waals surface area contributed by atoms with E-state index < -0.39 is 0 Å². The van der Waals surface area contributed by atoms with Gasteiger partial charge in [0.25, 0.3) is 0 Å². The molecule has 180 valence electrons. The zero-order valence-electron chi connectivity index (χ0n) is 20.4. The standard InChI is InChI=1S/C27H44N2O2S/c1-3-5-6-7-8-9-10-11-12-13-14-15-16-17-18-19-26(30)29-27-28-24-21-20-23(31-4-2)22-25(24)32-27/h20-22H,3-19H2,1-2H3,(H,28,29,30). The zero-order chi connectivity index (χ0) is 22.9. The minimum absolute atomic E-state index is 0.0729. The van der Waals surface area contributed by atoms with Crippen LogP contribution in [0.2, 0.25) is 0 Å². The molecule has 4 nitrogen and oxygen atoms in total. The number of aromatic nitrogens is 1. The number of ether oxygens (including phenoxy) is 1. The van der Waals surface area contributed by atoms with E-state index in [-0.39, 0.29) is 5.91 Å². The molecule has 0 spiro atoms. The molecule has 1 amide bonds. The van der Waals surface area contributed by atoms with Gasteiger partial charge in [0.1, 0.15) is 5.75 Å². The molecule has 0 saturated carbocycles. The molecule has 2 aromatic rings. The number of thiazole rings is 1. The average Bonchev–Trinajstić information content (AvgIpc) is 3.18. The lowest BCUT2D eigenvalue weighted by atomic mass is 10.0. The first-order valence-corrected chi connectivity index (χ1v) is 13.9. The van der Waals surface area contributed by atoms with Crippen LogP contribution in [0.15, 0.2) is 18.2 Å². The van der Waals surface area contributed by atoms with E-state index in [1.54, 1.807) is 0 Å². The second-order valence-corrected chi connectivity index (χ2v) is 9.86. The summed E-state index contributed by atoms with van der Waals surface area (Å²) in [6, 6.07) is 5.86. The number of benzene rings is 1. The summed E-state index contributed by atoms with van der Waals surface area (Å²) in [4.78, 5) is 16.7. The molecule has 5 heteroatoms. The Morgan fingerprint density at radius 1 is 0.844 bits per heavy atom. The molecule has 1 N–H and O–H groups in total. The van der Waals surface area contributed by atoms with Gasteiger partial charge in [-0.25, -0.2) is 4.98 Å². The van der Waals surface area contributed by atoms with E-state index in [1.807, 2.05) is 25.1 Å². The van der Waals surface area contributed by atoms with Crippen LogP contribution in [0.25, 0.3) is 10.2 Å². The molecule has 1 aromatic carbocycles. The highest BCUT2D eigenvalue weighted by molar-refractivity contribution is 7.22. The second kappa shape index (κ2) is 16.9. The van der Waals surface area contributed by atoms with Crippen LogP contribution >= 0.6 is 11.3 Å². The first-order chi connectivity index (χ1) is 15.7. The van der Waals surface area contributed by atoms with Crippen LogP contribution in [0.1, 0.15) is 117 Å². The predicted molar refractivity (Wildman–Crippen MR) is 139 cm³/mol. The number of anilines is 1. The monoisotopic (exact) mass is 460 g/mol. The van der Waals surface area contributed by atoms with Crippen molar-refractivity contribution in [3.8, 4) is 5.75 Å². The van der Waals surface area contributed by atoms with Crippen molar-refractivity contribution in [3.63, 3.8) is 0 Å². The Bertz CT molecular complexity index is 759. The zero-order valence-corrected chi connectivity index (χ0v) is 21.2. The quantitative estimate of drug-likeness (QED) is 0.213. The van der Waals surface area contributed by atoms with Crippen LogP contribution in [0.4, 0.5) is 5.13 Å². The van der Waals surface area contributed by atoms with Crippen LogP contribution in [0, 0.1) is 0 Å². The van der Waals surface area contributed by atoms with Crippen molar-refractivity contribution in [3.05, 3.63) is 18.2 Å². The largest absolute Gasteiger partial charge is 0.494 e. The van der Waals surface area contributed by atoms with E-state index in [0.29, 0.717) is 18.2 Å². The van der Waals surface area contributed by atoms with Crippen molar-refractivity contribution < 1.29 is 9.53 Å². The number of rotatable bonds is 19. The number of nitrogens with one attached hydrogen (secondary N) is 1. The maximum atomic E-state index is 12.2. The smallest absolute Gasteiger partial charge is 0.226 e. The molecular weight excluding hydrogens is 416 g/mol. The molecule has 0 aliphatic carbocycles. The van der Waals surface area contributed by atoms with Crippen molar-refractivity contribution in [2.45, 2.75) is 117 Å². The molecule has 0 radical (unpaired) electrons. The van der Waals surface area contributed by atoms with Gasteiger partial charge in [-0.3, -0.25) is 4.79 Å². The first kappa shape index (κ1) is 26.6. The highest BCUT2D eigenvalue weighted by Gasteiger charge is 2.08. The van der Waals surface area contributed by atoms with Gasteiger partial charge in [0.2, 0.25) is 5.91 Å². The van der Waals surface area contributed by atoms with Gasteiger partial charge in [-0.2, -0.15) is 0 Å². The summed E-state index contributed by atoms with van der Waals surface area (Å²) in [6.45, 7) is 4.90. The third kappa shape index (κ3) is 11.3. The fourth-order valence-corrected chi connectivity index (χ4v) is 4.96. The summed E-state index contributed by atoms with van der Waals surface area (Å²) in [5.41, 5.74) is 0.903. The Kier molecular flexibility index (Phi) is 14.1. The lowest BCUT2D eigenvalue weighted by Crippen LogP contribution is -2.10. The summed E-state index contributed by atoms with van der Waals surface area (Å²) in [5.74, 6) is 0.920. The number of hydrogen-bond donors (Lipinski definition) is 1. The van der Waals surface area contributed by atoms with E-state index in [1.165, 1.54) is 94.8 Å². The molecule has 0 atom stereocenters. The Morgan fingerprint density at radius 2 is 1.41 bits per heavy atom. The maximum absolute atomic E-state index is 12.2. The first-order valence-electron chi connectivity index (χ1n) is 13.1. The summed E-state index contributed by atoms with van der Waals surface area (Å²) < 4.78 is 6.57. The fourth-order valence-electron chi connectivity index (χ4n) is 4.05. The minimum Gasteiger partial charge on any atom is -0.494 e. The van der Waals surface area contributed by atoms with Crippen molar-refractivity contribution in [2.75, 3.05) is 11.9 Å². The second-order valence-electron chi connectivity index (χ2n) is 8.83. The van der Waals surface area contributed by atoms with Crippen LogP contribution in [0.5, 0.6) is 5.75 Å². The molecule has 0 aliphatic heterocycles. The fraction of sp³-hybridized carbons (Fsp3) is 0.704. The molecule has 0 saturated heterocycles. The van der Waals surface area contributed by atoms with Crippen molar-refractivity contribution in [1.82, 2.24) is 4.98 Å². The molecule has 0 unspecified atom stereocenters. The van der Waals surface area contributed by atoms with E-state index in [4.69, 9.17) is 4.74 Å². The molecule has 2 rings (SSSR count). The maximum Gasteiger partial charge on any atom is 0.226 e. The average molecular weight is 461 g/mol. The number of hydrogen-bond acceptors (Lipinski definition) is 4. The van der Waals surface area contributed by atoms with Gasteiger partial charge in [-0.1, -0.05) is 108 Å². The third-order valence-electron chi connectivity index (χ3n) is 5.92. The lowest BCUT2D eigenvalue weighted by molar-refractivity contribution is -0.116. The van der Waals surface area contributed by atoms with Crippen molar-refractivity contribution in [2.24, 2.45) is 0 Å². The number of nitrogens with zero attached hydrogens (tertiary/aromatic N) is 1. The van der Waals surface area contributed by atoms with Gasteiger partial charge >= 0.3 is 0 Å². The molecule has 0 aliphatic rings. The summed E-state index contributed by atoms with van der Waals surface area (Å²) >= 11 is 1.51.